The van der Waals surface area contributed by atoms with Gasteiger partial charge in [-0.1, -0.05) is 126 Å². The normalized spacial score (nSPS) is 14.6. The first-order valence-electron chi connectivity index (χ1n) is 18.8. The molecular formula is C50H55N. The van der Waals surface area contributed by atoms with Crippen molar-refractivity contribution in [1.82, 2.24) is 5.32 Å². The van der Waals surface area contributed by atoms with Gasteiger partial charge in [-0.05, 0) is 165 Å². The van der Waals surface area contributed by atoms with Gasteiger partial charge in [0.15, 0.2) is 0 Å². The zero-order valence-corrected chi connectivity index (χ0v) is 32.1. The van der Waals surface area contributed by atoms with Gasteiger partial charge in [-0.25, -0.2) is 0 Å². The predicted octanol–water partition coefficient (Wildman–Crippen LogP) is 12.8. The lowest BCUT2D eigenvalue weighted by molar-refractivity contribution is 0.435. The highest BCUT2D eigenvalue weighted by molar-refractivity contribution is 5.75. The van der Waals surface area contributed by atoms with Crippen molar-refractivity contribution in [3.63, 3.8) is 0 Å². The minimum atomic E-state index is -0.377. The molecule has 1 N–H and O–H groups in total. The van der Waals surface area contributed by atoms with E-state index < -0.39 is 0 Å². The lowest BCUT2D eigenvalue weighted by Gasteiger charge is -2.41. The first-order valence-corrected chi connectivity index (χ1v) is 18.8. The Hall–Kier alpha value is -4.72. The van der Waals surface area contributed by atoms with E-state index in [0.29, 0.717) is 0 Å². The Kier molecular flexibility index (Phi) is 9.38. The molecule has 1 aliphatic rings. The molecule has 1 fully saturated rings. The summed E-state index contributed by atoms with van der Waals surface area (Å²) in [7, 11) is 0. The Balaban J connectivity index is 0.00000464. The lowest BCUT2D eigenvalue weighted by atomic mass is 9.64. The minimum Gasteiger partial charge on any atom is -0.312 e. The number of hydrogen-bond donors (Lipinski definition) is 1. The fourth-order valence-corrected chi connectivity index (χ4v) is 9.76. The summed E-state index contributed by atoms with van der Waals surface area (Å²) >= 11 is 0. The molecule has 1 nitrogen and oxygen atoms in total. The van der Waals surface area contributed by atoms with Crippen molar-refractivity contribution in [3.8, 4) is 33.4 Å². The first kappa shape index (κ1) is 34.7. The fraction of sp³-hybridized carbons (Fsp3) is 0.280. The summed E-state index contributed by atoms with van der Waals surface area (Å²) < 4.78 is 0. The maximum absolute atomic E-state index is 4.01. The van der Waals surface area contributed by atoms with Crippen LogP contribution in [-0.2, 0) is 5.41 Å². The van der Waals surface area contributed by atoms with E-state index in [1.165, 1.54) is 107 Å². The molecule has 0 aliphatic carbocycles. The third kappa shape index (κ3) is 6.27. The van der Waals surface area contributed by atoms with Crippen molar-refractivity contribution in [3.05, 3.63) is 176 Å². The SMILES string of the molecule is Cc1cc(C)c(-c2ccc(C(c3ccc(-c4c(C)cc(C)cc4C)cc3)(c3ccc(-c4c(C)cc(C)cc4C)cc3)[C@H]3CCCN3)cc2)c(C)c1.[HH]. The first-order chi connectivity index (χ1) is 24.5. The van der Waals surface area contributed by atoms with Crippen LogP contribution in [0.2, 0.25) is 0 Å². The molecule has 6 aromatic rings. The summed E-state index contributed by atoms with van der Waals surface area (Å²) in [6.07, 6.45) is 2.29. The van der Waals surface area contributed by atoms with Crippen LogP contribution in [0.5, 0.6) is 0 Å². The number of rotatable bonds is 7. The van der Waals surface area contributed by atoms with Gasteiger partial charge in [0.25, 0.3) is 0 Å². The average Bonchev–Trinajstić information content (AvgIpc) is 3.61. The van der Waals surface area contributed by atoms with E-state index in [4.69, 9.17) is 0 Å². The maximum Gasteiger partial charge on any atom is 0.0604 e. The molecule has 0 spiro atoms. The molecule has 1 saturated heterocycles. The van der Waals surface area contributed by atoms with Crippen LogP contribution in [0.1, 0.15) is 81.0 Å². The second-order valence-corrected chi connectivity index (χ2v) is 15.5. The van der Waals surface area contributed by atoms with E-state index in [1.807, 2.05) is 0 Å². The highest BCUT2D eigenvalue weighted by Gasteiger charge is 2.45. The van der Waals surface area contributed by atoms with E-state index in [2.05, 4.69) is 177 Å². The van der Waals surface area contributed by atoms with Crippen LogP contribution in [0.3, 0.4) is 0 Å². The monoisotopic (exact) mass is 669 g/mol. The van der Waals surface area contributed by atoms with Crippen molar-refractivity contribution in [2.45, 2.75) is 86.6 Å². The van der Waals surface area contributed by atoms with Gasteiger partial charge in [0, 0.05) is 7.47 Å². The molecule has 260 valence electrons. The third-order valence-electron chi connectivity index (χ3n) is 11.5. The van der Waals surface area contributed by atoms with Crippen LogP contribution < -0.4 is 5.32 Å². The van der Waals surface area contributed by atoms with Gasteiger partial charge in [-0.15, -0.1) is 0 Å². The third-order valence-corrected chi connectivity index (χ3v) is 11.5. The summed E-state index contributed by atoms with van der Waals surface area (Å²) in [6, 6.07) is 42.8. The van der Waals surface area contributed by atoms with Gasteiger partial charge >= 0.3 is 0 Å². The largest absolute Gasteiger partial charge is 0.312 e. The molecule has 0 unspecified atom stereocenters. The van der Waals surface area contributed by atoms with Crippen LogP contribution >= 0.6 is 0 Å². The molecule has 0 saturated carbocycles. The molecule has 1 heteroatoms. The van der Waals surface area contributed by atoms with E-state index in [1.54, 1.807) is 0 Å². The second-order valence-electron chi connectivity index (χ2n) is 15.5. The van der Waals surface area contributed by atoms with Crippen molar-refractivity contribution in [1.29, 1.82) is 0 Å². The molecule has 0 bridgehead atoms. The molecule has 7 rings (SSSR count). The Morgan fingerprint density at radius 2 is 0.706 bits per heavy atom. The summed E-state index contributed by atoms with van der Waals surface area (Å²) in [5, 5.41) is 4.01. The fourth-order valence-electron chi connectivity index (χ4n) is 9.76. The molecule has 0 radical (unpaired) electrons. The standard InChI is InChI=1S/C50H53N.H2/c1-31-25-34(4)47(35(5)26-31)40-12-18-43(19-13-40)50(46-11-10-24-51-46,44-20-14-41(15-21-44)48-36(6)27-32(2)28-37(48)7)45-22-16-42(17-23-45)49-38(8)29-33(3)30-39(49)9;/h12-23,25-30,46,51H,10-11,24H2,1-9H3;1H/t46-;/m1./s1. The number of hydrogen-bond acceptors (Lipinski definition) is 1. The predicted molar refractivity (Wildman–Crippen MR) is 221 cm³/mol. The molecule has 1 heterocycles. The number of nitrogens with one attached hydrogen (secondary N) is 1. The zero-order chi connectivity index (χ0) is 36.0. The van der Waals surface area contributed by atoms with Gasteiger partial charge in [-0.3, -0.25) is 0 Å². The highest BCUT2D eigenvalue weighted by atomic mass is 15.0. The van der Waals surface area contributed by atoms with Crippen molar-refractivity contribution in [2.75, 3.05) is 6.54 Å². The smallest absolute Gasteiger partial charge is 0.0604 e. The van der Waals surface area contributed by atoms with Gasteiger partial charge in [0.2, 0.25) is 0 Å². The minimum absolute atomic E-state index is 0. The van der Waals surface area contributed by atoms with E-state index >= 15 is 0 Å². The molecular weight excluding hydrogens is 615 g/mol. The van der Waals surface area contributed by atoms with E-state index in [-0.39, 0.29) is 12.9 Å². The molecule has 0 aromatic heterocycles. The number of benzene rings is 6. The maximum atomic E-state index is 4.01. The van der Waals surface area contributed by atoms with Gasteiger partial charge in [0.1, 0.15) is 0 Å². The highest BCUT2D eigenvalue weighted by Crippen LogP contribution is 2.47. The topological polar surface area (TPSA) is 12.0 Å². The van der Waals surface area contributed by atoms with Crippen LogP contribution in [0, 0.1) is 62.3 Å². The molecule has 1 aliphatic heterocycles. The van der Waals surface area contributed by atoms with Crippen LogP contribution in [0.15, 0.2) is 109 Å². The van der Waals surface area contributed by atoms with Gasteiger partial charge < -0.3 is 5.32 Å². The van der Waals surface area contributed by atoms with Crippen LogP contribution in [-0.4, -0.2) is 12.6 Å². The molecule has 6 aromatic carbocycles. The lowest BCUT2D eigenvalue weighted by Crippen LogP contribution is -2.47. The molecule has 1 atom stereocenters. The zero-order valence-electron chi connectivity index (χ0n) is 32.1. The van der Waals surface area contributed by atoms with E-state index in [9.17, 15) is 0 Å². The Morgan fingerprint density at radius 3 is 0.941 bits per heavy atom. The molecule has 0 amide bonds. The Labute approximate surface area is 308 Å². The number of aryl methyl sites for hydroxylation is 9. The average molecular weight is 670 g/mol. The van der Waals surface area contributed by atoms with E-state index in [0.717, 1.165) is 13.0 Å². The summed E-state index contributed by atoms with van der Waals surface area (Å²) in [5.74, 6) is 0. The Bertz CT molecular complexity index is 1900. The quantitative estimate of drug-likeness (QED) is 0.167. The summed E-state index contributed by atoms with van der Waals surface area (Å²) in [5.41, 5.74) is 23.4. The Morgan fingerprint density at radius 1 is 0.431 bits per heavy atom. The van der Waals surface area contributed by atoms with Crippen molar-refractivity contribution < 1.29 is 1.43 Å². The van der Waals surface area contributed by atoms with Gasteiger partial charge in [0.05, 0.1) is 5.41 Å². The van der Waals surface area contributed by atoms with Crippen LogP contribution in [0.25, 0.3) is 33.4 Å². The molecule has 51 heavy (non-hydrogen) atoms. The van der Waals surface area contributed by atoms with Crippen molar-refractivity contribution >= 4 is 0 Å². The van der Waals surface area contributed by atoms with Gasteiger partial charge in [-0.2, -0.15) is 0 Å². The second kappa shape index (κ2) is 13.8. The van der Waals surface area contributed by atoms with Crippen molar-refractivity contribution in [2.24, 2.45) is 0 Å². The van der Waals surface area contributed by atoms with Crippen LogP contribution in [0.4, 0.5) is 0 Å². The summed E-state index contributed by atoms with van der Waals surface area (Å²) in [4.78, 5) is 0. The summed E-state index contributed by atoms with van der Waals surface area (Å²) in [6.45, 7) is 21.1.